The topological polar surface area (TPSA) is 64.2 Å². The molecule has 25 heavy (non-hydrogen) atoms. The van der Waals surface area contributed by atoms with Crippen molar-refractivity contribution in [2.45, 2.75) is 13.8 Å². The van der Waals surface area contributed by atoms with Gasteiger partial charge in [-0.2, -0.15) is 0 Å². The van der Waals surface area contributed by atoms with Gasteiger partial charge in [0.15, 0.2) is 0 Å². The zero-order valence-corrected chi connectivity index (χ0v) is 14.9. The highest BCUT2D eigenvalue weighted by Gasteiger charge is 2.22. The summed E-state index contributed by atoms with van der Waals surface area (Å²) in [7, 11) is 1.82. The van der Waals surface area contributed by atoms with Crippen LogP contribution in [-0.4, -0.2) is 40.5 Å². The van der Waals surface area contributed by atoms with Gasteiger partial charge >= 0.3 is 0 Å². The number of carbonyl (C=O) groups excluding carboxylic acids is 1. The monoisotopic (exact) mass is 336 g/mol. The summed E-state index contributed by atoms with van der Waals surface area (Å²) >= 11 is 0. The zero-order valence-electron chi connectivity index (χ0n) is 14.9. The molecule has 0 saturated carbocycles. The molecule has 0 aliphatic carbocycles. The number of carbonyl (C=O) groups is 1. The summed E-state index contributed by atoms with van der Waals surface area (Å²) in [5, 5.41) is 0. The van der Waals surface area contributed by atoms with Crippen molar-refractivity contribution < 1.29 is 4.79 Å². The first kappa shape index (κ1) is 17.2. The van der Waals surface area contributed by atoms with Gasteiger partial charge in [0.1, 0.15) is 6.33 Å². The van der Waals surface area contributed by atoms with E-state index in [-0.39, 0.29) is 11.3 Å². The number of rotatable bonds is 5. The standard InChI is InChI=1S/C20H24N4O/c1-20(2,12-21)13-23(3)19(25)15-8-10-16(11-9-15)24-14-22-17-6-4-5-7-18(17)24/h4-11,14H,12-13,21H2,1-3H3. The molecular weight excluding hydrogens is 312 g/mol. The SMILES string of the molecule is CN(CC(C)(C)CN)C(=O)c1ccc(-n2cnc3ccccc32)cc1. The lowest BCUT2D eigenvalue weighted by Gasteiger charge is -2.29. The van der Waals surface area contributed by atoms with Gasteiger partial charge in [-0.1, -0.05) is 26.0 Å². The Morgan fingerprint density at radius 3 is 2.52 bits per heavy atom. The molecule has 1 amide bonds. The van der Waals surface area contributed by atoms with Crippen LogP contribution in [0.5, 0.6) is 0 Å². The molecule has 3 aromatic rings. The molecule has 0 spiro atoms. The van der Waals surface area contributed by atoms with Crippen LogP contribution in [0, 0.1) is 5.41 Å². The number of aromatic nitrogens is 2. The molecule has 5 nitrogen and oxygen atoms in total. The van der Waals surface area contributed by atoms with Crippen LogP contribution in [0.3, 0.4) is 0 Å². The molecule has 0 fully saturated rings. The van der Waals surface area contributed by atoms with Gasteiger partial charge in [-0.15, -0.1) is 0 Å². The quantitative estimate of drug-likeness (QED) is 0.779. The Kier molecular flexibility index (Phi) is 4.59. The molecule has 0 unspecified atom stereocenters. The summed E-state index contributed by atoms with van der Waals surface area (Å²) in [6.45, 7) is 5.28. The van der Waals surface area contributed by atoms with Crippen molar-refractivity contribution in [1.29, 1.82) is 0 Å². The molecule has 1 aromatic heterocycles. The first-order valence-electron chi connectivity index (χ1n) is 8.39. The highest BCUT2D eigenvalue weighted by atomic mass is 16.2. The fourth-order valence-corrected chi connectivity index (χ4v) is 2.93. The Labute approximate surface area is 148 Å². The third-order valence-corrected chi connectivity index (χ3v) is 4.41. The maximum Gasteiger partial charge on any atom is 0.253 e. The summed E-state index contributed by atoms with van der Waals surface area (Å²) in [5.74, 6) is 0.00330. The van der Waals surface area contributed by atoms with Gasteiger partial charge in [0.2, 0.25) is 0 Å². The summed E-state index contributed by atoms with van der Waals surface area (Å²) in [5.41, 5.74) is 9.32. The fourth-order valence-electron chi connectivity index (χ4n) is 2.93. The van der Waals surface area contributed by atoms with Crippen LogP contribution in [0.4, 0.5) is 0 Å². The van der Waals surface area contributed by atoms with Crippen LogP contribution in [-0.2, 0) is 0 Å². The van der Waals surface area contributed by atoms with Crippen molar-refractivity contribution in [3.05, 3.63) is 60.4 Å². The third-order valence-electron chi connectivity index (χ3n) is 4.41. The first-order chi connectivity index (χ1) is 11.9. The fraction of sp³-hybridized carbons (Fsp3) is 0.300. The zero-order chi connectivity index (χ0) is 18.0. The van der Waals surface area contributed by atoms with Gasteiger partial charge < -0.3 is 10.6 Å². The Morgan fingerprint density at radius 1 is 1.16 bits per heavy atom. The molecule has 3 rings (SSSR count). The summed E-state index contributed by atoms with van der Waals surface area (Å²) in [6.07, 6.45) is 1.80. The van der Waals surface area contributed by atoms with E-state index in [1.54, 1.807) is 11.2 Å². The summed E-state index contributed by atoms with van der Waals surface area (Å²) < 4.78 is 2.02. The first-order valence-corrected chi connectivity index (χ1v) is 8.39. The van der Waals surface area contributed by atoms with Crippen molar-refractivity contribution in [1.82, 2.24) is 14.5 Å². The maximum absolute atomic E-state index is 12.6. The van der Waals surface area contributed by atoms with Crippen molar-refractivity contribution in [2.75, 3.05) is 20.1 Å². The predicted molar refractivity (Wildman–Crippen MR) is 101 cm³/mol. The largest absolute Gasteiger partial charge is 0.341 e. The number of amides is 1. The number of nitrogens with zero attached hydrogens (tertiary/aromatic N) is 3. The van der Waals surface area contributed by atoms with Crippen LogP contribution in [0.2, 0.25) is 0 Å². The van der Waals surface area contributed by atoms with Crippen LogP contribution in [0.1, 0.15) is 24.2 Å². The average Bonchev–Trinajstić information content (AvgIpc) is 3.05. The minimum atomic E-state index is -0.0971. The van der Waals surface area contributed by atoms with Crippen molar-refractivity contribution in [3.63, 3.8) is 0 Å². The molecule has 2 N–H and O–H groups in total. The van der Waals surface area contributed by atoms with E-state index in [9.17, 15) is 4.79 Å². The third kappa shape index (κ3) is 3.56. The van der Waals surface area contributed by atoms with E-state index in [1.165, 1.54) is 0 Å². The normalized spacial score (nSPS) is 11.7. The molecule has 0 atom stereocenters. The number of benzene rings is 2. The number of hydrogen-bond acceptors (Lipinski definition) is 3. The Morgan fingerprint density at radius 2 is 1.84 bits per heavy atom. The van der Waals surface area contributed by atoms with E-state index in [0.717, 1.165) is 16.7 Å². The van der Waals surface area contributed by atoms with Gasteiger partial charge in [0, 0.05) is 24.8 Å². The summed E-state index contributed by atoms with van der Waals surface area (Å²) in [6, 6.07) is 15.6. The van der Waals surface area contributed by atoms with E-state index in [1.807, 2.05) is 60.1 Å². The number of fused-ring (bicyclic) bond motifs is 1. The van der Waals surface area contributed by atoms with E-state index in [4.69, 9.17) is 5.73 Å². The van der Waals surface area contributed by atoms with Crippen LogP contribution < -0.4 is 5.73 Å². The second-order valence-electron chi connectivity index (χ2n) is 7.18. The Hall–Kier alpha value is -2.66. The molecule has 0 bridgehead atoms. The Bertz CT molecular complexity index is 880. The molecule has 0 aliphatic heterocycles. The maximum atomic E-state index is 12.6. The molecular formula is C20H24N4O. The molecule has 2 aromatic carbocycles. The van der Waals surface area contributed by atoms with Gasteiger partial charge in [-0.05, 0) is 48.4 Å². The lowest BCUT2D eigenvalue weighted by Crippen LogP contribution is -2.39. The average molecular weight is 336 g/mol. The molecule has 1 heterocycles. The van der Waals surface area contributed by atoms with Crippen LogP contribution >= 0.6 is 0 Å². The number of para-hydroxylation sites is 2. The van der Waals surface area contributed by atoms with E-state index < -0.39 is 0 Å². The van der Waals surface area contributed by atoms with E-state index in [2.05, 4.69) is 18.8 Å². The molecule has 0 saturated heterocycles. The second-order valence-corrected chi connectivity index (χ2v) is 7.18. The van der Waals surface area contributed by atoms with Crippen molar-refractivity contribution in [3.8, 4) is 5.69 Å². The molecule has 5 heteroatoms. The highest BCUT2D eigenvalue weighted by Crippen LogP contribution is 2.20. The van der Waals surface area contributed by atoms with Gasteiger partial charge in [0.05, 0.1) is 11.0 Å². The minimum absolute atomic E-state index is 0.00330. The molecule has 0 aliphatic rings. The van der Waals surface area contributed by atoms with Crippen LogP contribution in [0.15, 0.2) is 54.9 Å². The van der Waals surface area contributed by atoms with Gasteiger partial charge in [-0.25, -0.2) is 4.98 Å². The Balaban J connectivity index is 1.81. The summed E-state index contributed by atoms with van der Waals surface area (Å²) in [4.78, 5) is 18.8. The number of nitrogens with two attached hydrogens (primary N) is 1. The number of hydrogen-bond donors (Lipinski definition) is 1. The number of imidazole rings is 1. The lowest BCUT2D eigenvalue weighted by atomic mass is 9.93. The van der Waals surface area contributed by atoms with E-state index in [0.29, 0.717) is 18.7 Å². The highest BCUT2D eigenvalue weighted by molar-refractivity contribution is 5.94. The molecule has 130 valence electrons. The molecule has 0 radical (unpaired) electrons. The van der Waals surface area contributed by atoms with Gasteiger partial charge in [0.25, 0.3) is 5.91 Å². The lowest BCUT2D eigenvalue weighted by molar-refractivity contribution is 0.0740. The van der Waals surface area contributed by atoms with Crippen molar-refractivity contribution >= 4 is 16.9 Å². The minimum Gasteiger partial charge on any atom is -0.341 e. The van der Waals surface area contributed by atoms with Crippen LogP contribution in [0.25, 0.3) is 16.7 Å². The predicted octanol–water partition coefficient (Wildman–Crippen LogP) is 3.08. The van der Waals surface area contributed by atoms with Crippen molar-refractivity contribution in [2.24, 2.45) is 11.1 Å². The smallest absolute Gasteiger partial charge is 0.253 e. The van der Waals surface area contributed by atoms with Gasteiger partial charge in [-0.3, -0.25) is 9.36 Å². The van der Waals surface area contributed by atoms with E-state index >= 15 is 0 Å². The second kappa shape index (κ2) is 6.69.